The Hall–Kier alpha value is -1.30. The van der Waals surface area contributed by atoms with E-state index in [1.807, 2.05) is 0 Å². The molecule has 0 unspecified atom stereocenters. The smallest absolute Gasteiger partial charge is 0.411 e. The van der Waals surface area contributed by atoms with Gasteiger partial charge in [-0.1, -0.05) is 0 Å². The van der Waals surface area contributed by atoms with E-state index >= 15 is 0 Å². The van der Waals surface area contributed by atoms with Gasteiger partial charge in [0.15, 0.2) is 6.04 Å². The Morgan fingerprint density at radius 2 is 1.60 bits per heavy atom. The Labute approximate surface area is 120 Å². The molecule has 1 fully saturated rings. The number of hydrogen-bond acceptors (Lipinski definition) is 5. The van der Waals surface area contributed by atoms with Gasteiger partial charge in [0.1, 0.15) is 11.2 Å². The van der Waals surface area contributed by atoms with Crippen LogP contribution in [-0.2, 0) is 19.0 Å². The zero-order chi connectivity index (χ0) is 15.6. The van der Waals surface area contributed by atoms with Crippen molar-refractivity contribution in [2.45, 2.75) is 58.8 Å². The molecule has 1 atom stereocenters. The molecular formula is C14H25NO5. The average molecular weight is 287 g/mol. The van der Waals surface area contributed by atoms with Crippen LogP contribution in [0.1, 0.15) is 41.5 Å². The molecule has 0 radical (unpaired) electrons. The van der Waals surface area contributed by atoms with E-state index in [2.05, 4.69) is 0 Å². The molecule has 6 nitrogen and oxygen atoms in total. The van der Waals surface area contributed by atoms with Gasteiger partial charge in [-0.15, -0.1) is 0 Å². The molecule has 1 aliphatic rings. The Morgan fingerprint density at radius 1 is 1.05 bits per heavy atom. The van der Waals surface area contributed by atoms with E-state index < -0.39 is 29.3 Å². The third kappa shape index (κ3) is 5.36. The van der Waals surface area contributed by atoms with Crippen LogP contribution in [0.5, 0.6) is 0 Å². The Balaban J connectivity index is 2.76. The van der Waals surface area contributed by atoms with Crippen molar-refractivity contribution in [1.29, 1.82) is 0 Å². The third-order valence-electron chi connectivity index (χ3n) is 2.44. The lowest BCUT2D eigenvalue weighted by Gasteiger charge is -2.36. The molecule has 20 heavy (non-hydrogen) atoms. The minimum atomic E-state index is -0.752. The third-order valence-corrected chi connectivity index (χ3v) is 2.44. The van der Waals surface area contributed by atoms with Gasteiger partial charge in [0, 0.05) is 6.54 Å². The van der Waals surface area contributed by atoms with Crippen LogP contribution >= 0.6 is 0 Å². The molecule has 0 saturated carbocycles. The first-order valence-corrected chi connectivity index (χ1v) is 6.80. The first kappa shape index (κ1) is 16.8. The lowest BCUT2D eigenvalue weighted by Crippen LogP contribution is -2.55. The second kappa shape index (κ2) is 5.99. The summed E-state index contributed by atoms with van der Waals surface area (Å²) in [5, 5.41) is 0. The predicted octanol–water partition coefficient (Wildman–Crippen LogP) is 1.96. The molecule has 0 aromatic rings. The molecule has 1 heterocycles. The summed E-state index contributed by atoms with van der Waals surface area (Å²) in [6.45, 7) is 11.5. The Kier molecular flexibility index (Phi) is 5.02. The van der Waals surface area contributed by atoms with Crippen molar-refractivity contribution in [2.75, 3.05) is 19.8 Å². The maximum atomic E-state index is 12.1. The Morgan fingerprint density at radius 3 is 2.10 bits per heavy atom. The average Bonchev–Trinajstić information content (AvgIpc) is 2.24. The molecule has 0 aromatic heterocycles. The largest absolute Gasteiger partial charge is 0.458 e. The number of carbonyl (C=O) groups excluding carboxylic acids is 2. The van der Waals surface area contributed by atoms with Crippen LogP contribution in [0.2, 0.25) is 0 Å². The Bertz CT molecular complexity index is 331. The van der Waals surface area contributed by atoms with Gasteiger partial charge in [-0.05, 0) is 41.5 Å². The van der Waals surface area contributed by atoms with Gasteiger partial charge in [-0.3, -0.25) is 4.90 Å². The van der Waals surface area contributed by atoms with Crippen LogP contribution in [0, 0.1) is 0 Å². The van der Waals surface area contributed by atoms with Gasteiger partial charge >= 0.3 is 12.1 Å². The van der Waals surface area contributed by atoms with Gasteiger partial charge in [-0.2, -0.15) is 0 Å². The summed E-state index contributed by atoms with van der Waals surface area (Å²) in [6.07, 6.45) is -0.517. The van der Waals surface area contributed by atoms with E-state index in [4.69, 9.17) is 14.2 Å². The fourth-order valence-electron chi connectivity index (χ4n) is 1.71. The molecule has 0 spiro atoms. The fourth-order valence-corrected chi connectivity index (χ4v) is 1.71. The number of ether oxygens (including phenoxy) is 3. The first-order chi connectivity index (χ1) is 8.99. The highest BCUT2D eigenvalue weighted by molar-refractivity contribution is 5.82. The zero-order valence-electron chi connectivity index (χ0n) is 13.2. The van der Waals surface area contributed by atoms with Crippen molar-refractivity contribution < 1.29 is 23.8 Å². The standard InChI is InChI=1S/C14H25NO5/c1-13(2,3)19-11(16)10-9-18-8-7-15(10)12(17)20-14(4,5)6/h10H,7-9H2,1-6H3/t10-/m0/s1. The number of nitrogens with zero attached hydrogens (tertiary/aromatic N) is 1. The monoisotopic (exact) mass is 287 g/mol. The van der Waals surface area contributed by atoms with Crippen LogP contribution in [0.4, 0.5) is 4.79 Å². The van der Waals surface area contributed by atoms with Crippen molar-refractivity contribution in [3.63, 3.8) is 0 Å². The molecule has 1 amide bonds. The summed E-state index contributed by atoms with van der Waals surface area (Å²) in [4.78, 5) is 25.7. The van der Waals surface area contributed by atoms with Crippen LogP contribution in [-0.4, -0.2) is 54.0 Å². The molecular weight excluding hydrogens is 262 g/mol. The predicted molar refractivity (Wildman–Crippen MR) is 73.4 cm³/mol. The minimum absolute atomic E-state index is 0.133. The summed E-state index contributed by atoms with van der Waals surface area (Å²) in [7, 11) is 0. The van der Waals surface area contributed by atoms with E-state index in [0.717, 1.165) is 0 Å². The van der Waals surface area contributed by atoms with Crippen molar-refractivity contribution in [1.82, 2.24) is 4.90 Å². The molecule has 0 N–H and O–H groups in total. The van der Waals surface area contributed by atoms with Crippen molar-refractivity contribution >= 4 is 12.1 Å². The molecule has 6 heteroatoms. The van der Waals surface area contributed by atoms with E-state index in [-0.39, 0.29) is 6.61 Å². The highest BCUT2D eigenvalue weighted by Crippen LogP contribution is 2.17. The zero-order valence-corrected chi connectivity index (χ0v) is 13.2. The number of carbonyl (C=O) groups is 2. The number of morpholine rings is 1. The maximum absolute atomic E-state index is 12.1. The van der Waals surface area contributed by atoms with E-state index in [1.54, 1.807) is 41.5 Å². The second-order valence-electron chi connectivity index (χ2n) is 6.80. The summed E-state index contributed by atoms with van der Waals surface area (Å²) in [5.74, 6) is -0.469. The highest BCUT2D eigenvalue weighted by atomic mass is 16.6. The normalized spacial score (nSPS) is 20.5. The maximum Gasteiger partial charge on any atom is 0.411 e. The van der Waals surface area contributed by atoms with Gasteiger partial charge in [0.2, 0.25) is 0 Å². The molecule has 0 aliphatic carbocycles. The summed E-state index contributed by atoms with van der Waals surface area (Å²) >= 11 is 0. The highest BCUT2D eigenvalue weighted by Gasteiger charge is 2.37. The molecule has 116 valence electrons. The minimum Gasteiger partial charge on any atom is -0.458 e. The van der Waals surface area contributed by atoms with Crippen molar-refractivity contribution in [3.05, 3.63) is 0 Å². The number of hydrogen-bond donors (Lipinski definition) is 0. The van der Waals surface area contributed by atoms with Crippen LogP contribution in [0.3, 0.4) is 0 Å². The SMILES string of the molecule is CC(C)(C)OC(=O)[C@@H]1COCCN1C(=O)OC(C)(C)C. The van der Waals surface area contributed by atoms with E-state index in [9.17, 15) is 9.59 Å². The summed E-state index contributed by atoms with van der Waals surface area (Å²) in [6, 6.07) is -0.752. The summed E-state index contributed by atoms with van der Waals surface area (Å²) in [5.41, 5.74) is -1.21. The van der Waals surface area contributed by atoms with Gasteiger partial charge in [0.25, 0.3) is 0 Å². The van der Waals surface area contributed by atoms with E-state index in [1.165, 1.54) is 4.90 Å². The van der Waals surface area contributed by atoms with Crippen LogP contribution in [0.15, 0.2) is 0 Å². The quantitative estimate of drug-likeness (QED) is 0.690. The van der Waals surface area contributed by atoms with Crippen molar-refractivity contribution in [3.8, 4) is 0 Å². The molecule has 1 rings (SSSR count). The van der Waals surface area contributed by atoms with Crippen molar-refractivity contribution in [2.24, 2.45) is 0 Å². The topological polar surface area (TPSA) is 65.1 Å². The first-order valence-electron chi connectivity index (χ1n) is 6.80. The van der Waals surface area contributed by atoms with Crippen LogP contribution in [0.25, 0.3) is 0 Å². The molecule has 1 aliphatic heterocycles. The molecule has 0 aromatic carbocycles. The lowest BCUT2D eigenvalue weighted by atomic mass is 10.1. The van der Waals surface area contributed by atoms with Crippen LogP contribution < -0.4 is 0 Å². The fraction of sp³-hybridized carbons (Fsp3) is 0.857. The van der Waals surface area contributed by atoms with Gasteiger partial charge in [-0.25, -0.2) is 9.59 Å². The molecule has 1 saturated heterocycles. The molecule has 0 bridgehead atoms. The second-order valence-corrected chi connectivity index (χ2v) is 6.80. The number of rotatable bonds is 1. The van der Waals surface area contributed by atoms with Gasteiger partial charge in [0.05, 0.1) is 13.2 Å². The van der Waals surface area contributed by atoms with Gasteiger partial charge < -0.3 is 14.2 Å². The number of esters is 1. The number of amides is 1. The van der Waals surface area contributed by atoms with E-state index in [0.29, 0.717) is 13.2 Å². The lowest BCUT2D eigenvalue weighted by molar-refractivity contribution is -0.166. The summed E-state index contributed by atoms with van der Waals surface area (Å²) < 4.78 is 15.9.